The van der Waals surface area contributed by atoms with E-state index in [-0.39, 0.29) is 28.7 Å². The highest BCUT2D eigenvalue weighted by atomic mass is 35.5. The molecule has 0 aliphatic rings. The molecule has 0 aliphatic carbocycles. The normalized spacial score (nSPS) is 12.3. The van der Waals surface area contributed by atoms with Crippen molar-refractivity contribution in [3.63, 3.8) is 0 Å². The Balaban J connectivity index is 2.25. The van der Waals surface area contributed by atoms with Gasteiger partial charge in [0.05, 0.1) is 19.1 Å². The highest BCUT2D eigenvalue weighted by molar-refractivity contribution is 7.92. The minimum absolute atomic E-state index is 0.242. The zero-order valence-electron chi connectivity index (χ0n) is 15.8. The number of hydrogen-bond donors (Lipinski definition) is 1. The molecule has 0 fully saturated rings. The number of ether oxygens (including phenoxy) is 1. The molecule has 1 unspecified atom stereocenters. The maximum Gasteiger partial charge on any atom is 0.244 e. The number of carbonyl (C=O) groups is 1. The summed E-state index contributed by atoms with van der Waals surface area (Å²) >= 11 is 12.0. The van der Waals surface area contributed by atoms with Crippen LogP contribution in [0.3, 0.4) is 0 Å². The Morgan fingerprint density at radius 1 is 1.14 bits per heavy atom. The number of rotatable bonds is 8. The SMILES string of the molecule is CCC(C(=O)NCc1ccc(OC)cc1)N(c1cc(Cl)cc(Cl)c1)S(C)(=O)=O. The molecular weight excluding hydrogens is 423 g/mol. The maximum absolute atomic E-state index is 12.8. The van der Waals surface area contributed by atoms with Gasteiger partial charge in [-0.3, -0.25) is 9.10 Å². The summed E-state index contributed by atoms with van der Waals surface area (Å²) in [4.78, 5) is 12.8. The third-order valence-corrected chi connectivity index (χ3v) is 5.67. The molecule has 0 bridgehead atoms. The van der Waals surface area contributed by atoms with Crippen LogP contribution in [-0.2, 0) is 21.4 Å². The Labute approximate surface area is 175 Å². The fourth-order valence-electron chi connectivity index (χ4n) is 2.78. The number of amides is 1. The number of nitrogens with one attached hydrogen (secondary N) is 1. The van der Waals surface area contributed by atoms with E-state index in [0.717, 1.165) is 16.1 Å². The first kappa shape index (κ1) is 22.3. The number of halogens is 2. The molecule has 0 heterocycles. The first-order valence-corrected chi connectivity index (χ1v) is 11.1. The van der Waals surface area contributed by atoms with E-state index in [1.807, 2.05) is 12.1 Å². The Kier molecular flexibility index (Phi) is 7.57. The summed E-state index contributed by atoms with van der Waals surface area (Å²) in [5.41, 5.74) is 1.10. The van der Waals surface area contributed by atoms with Crippen LogP contribution >= 0.6 is 23.2 Å². The van der Waals surface area contributed by atoms with Crippen LogP contribution in [0.2, 0.25) is 10.0 Å². The molecule has 6 nitrogen and oxygen atoms in total. The molecule has 0 saturated heterocycles. The molecular formula is C19H22Cl2N2O4S. The van der Waals surface area contributed by atoms with E-state index in [9.17, 15) is 13.2 Å². The summed E-state index contributed by atoms with van der Waals surface area (Å²) < 4.78 is 31.1. The molecule has 0 spiro atoms. The highest BCUT2D eigenvalue weighted by Crippen LogP contribution is 2.29. The molecule has 2 rings (SSSR count). The third kappa shape index (κ3) is 5.77. The van der Waals surface area contributed by atoms with E-state index in [1.165, 1.54) is 18.2 Å². The van der Waals surface area contributed by atoms with Crippen LogP contribution in [0.5, 0.6) is 5.75 Å². The van der Waals surface area contributed by atoms with Crippen LogP contribution in [0, 0.1) is 0 Å². The van der Waals surface area contributed by atoms with Gasteiger partial charge in [-0.1, -0.05) is 42.3 Å². The lowest BCUT2D eigenvalue weighted by Gasteiger charge is -2.30. The van der Waals surface area contributed by atoms with Crippen molar-refractivity contribution in [1.29, 1.82) is 0 Å². The van der Waals surface area contributed by atoms with Crippen LogP contribution < -0.4 is 14.4 Å². The Hall–Kier alpha value is -1.96. The summed E-state index contributed by atoms with van der Waals surface area (Å²) in [7, 11) is -2.19. The van der Waals surface area contributed by atoms with E-state index >= 15 is 0 Å². The quantitative estimate of drug-likeness (QED) is 0.670. The van der Waals surface area contributed by atoms with Gasteiger partial charge in [-0.2, -0.15) is 0 Å². The fourth-order valence-corrected chi connectivity index (χ4v) is 4.49. The van der Waals surface area contributed by atoms with E-state index in [4.69, 9.17) is 27.9 Å². The smallest absolute Gasteiger partial charge is 0.244 e. The maximum atomic E-state index is 12.8. The molecule has 1 atom stereocenters. The predicted molar refractivity (Wildman–Crippen MR) is 113 cm³/mol. The van der Waals surface area contributed by atoms with Gasteiger partial charge in [-0.15, -0.1) is 0 Å². The largest absolute Gasteiger partial charge is 0.497 e. The molecule has 0 aliphatic heterocycles. The topological polar surface area (TPSA) is 75.7 Å². The molecule has 1 amide bonds. The molecule has 0 aromatic heterocycles. The van der Waals surface area contributed by atoms with Crippen molar-refractivity contribution in [2.45, 2.75) is 25.9 Å². The lowest BCUT2D eigenvalue weighted by Crippen LogP contribution is -2.49. The van der Waals surface area contributed by atoms with Gasteiger partial charge in [0.15, 0.2) is 0 Å². The van der Waals surface area contributed by atoms with Gasteiger partial charge in [0.25, 0.3) is 0 Å². The molecule has 2 aromatic carbocycles. The summed E-state index contributed by atoms with van der Waals surface area (Å²) in [6.45, 7) is 2.00. The minimum atomic E-state index is -3.76. The van der Waals surface area contributed by atoms with Crippen LogP contribution in [0.4, 0.5) is 5.69 Å². The standard InChI is InChI=1S/C19H22Cl2N2O4S/c1-4-18(19(24)22-12-13-5-7-17(27-2)8-6-13)23(28(3,25)26)16-10-14(20)9-15(21)11-16/h5-11,18H,4,12H2,1-3H3,(H,22,24). The fraction of sp³-hybridized carbons (Fsp3) is 0.316. The number of nitrogens with zero attached hydrogens (tertiary/aromatic N) is 1. The number of carbonyl (C=O) groups excluding carboxylic acids is 1. The second-order valence-corrected chi connectivity index (χ2v) is 8.91. The summed E-state index contributed by atoms with van der Waals surface area (Å²) in [5, 5.41) is 3.35. The molecule has 28 heavy (non-hydrogen) atoms. The van der Waals surface area contributed by atoms with Gasteiger partial charge in [0.1, 0.15) is 11.8 Å². The van der Waals surface area contributed by atoms with Crippen molar-refractivity contribution in [1.82, 2.24) is 5.32 Å². The van der Waals surface area contributed by atoms with Crippen LogP contribution in [0.15, 0.2) is 42.5 Å². The Morgan fingerprint density at radius 3 is 2.18 bits per heavy atom. The second-order valence-electron chi connectivity index (χ2n) is 6.18. The molecule has 152 valence electrons. The zero-order chi connectivity index (χ0) is 20.9. The van der Waals surface area contributed by atoms with Gasteiger partial charge in [0, 0.05) is 16.6 Å². The molecule has 0 saturated carbocycles. The summed E-state index contributed by atoms with van der Waals surface area (Å²) in [6, 6.07) is 10.7. The summed E-state index contributed by atoms with van der Waals surface area (Å²) in [5.74, 6) is 0.294. The molecule has 2 aromatic rings. The second kappa shape index (κ2) is 9.49. The van der Waals surface area contributed by atoms with Crippen LogP contribution in [-0.4, -0.2) is 33.7 Å². The van der Waals surface area contributed by atoms with Crippen molar-refractivity contribution in [2.75, 3.05) is 17.7 Å². The number of hydrogen-bond acceptors (Lipinski definition) is 4. The van der Waals surface area contributed by atoms with Crippen LogP contribution in [0.25, 0.3) is 0 Å². The number of sulfonamides is 1. The van der Waals surface area contributed by atoms with Crippen LogP contribution in [0.1, 0.15) is 18.9 Å². The van der Waals surface area contributed by atoms with Crippen molar-refractivity contribution in [2.24, 2.45) is 0 Å². The first-order chi connectivity index (χ1) is 13.2. The van der Waals surface area contributed by atoms with Gasteiger partial charge in [0.2, 0.25) is 15.9 Å². The predicted octanol–water partition coefficient (Wildman–Crippen LogP) is 3.86. The lowest BCUT2D eigenvalue weighted by molar-refractivity contribution is -0.122. The van der Waals surface area contributed by atoms with Crippen molar-refractivity contribution >= 4 is 44.8 Å². The van der Waals surface area contributed by atoms with E-state index in [2.05, 4.69) is 5.32 Å². The van der Waals surface area contributed by atoms with Gasteiger partial charge in [-0.25, -0.2) is 8.42 Å². The highest BCUT2D eigenvalue weighted by Gasteiger charge is 2.31. The van der Waals surface area contributed by atoms with Gasteiger partial charge >= 0.3 is 0 Å². The van der Waals surface area contributed by atoms with E-state index in [0.29, 0.717) is 5.75 Å². The Morgan fingerprint density at radius 2 is 1.71 bits per heavy atom. The first-order valence-electron chi connectivity index (χ1n) is 8.51. The number of anilines is 1. The third-order valence-electron chi connectivity index (χ3n) is 4.06. The molecule has 1 N–H and O–H groups in total. The zero-order valence-corrected chi connectivity index (χ0v) is 18.1. The van der Waals surface area contributed by atoms with Gasteiger partial charge in [-0.05, 0) is 42.3 Å². The van der Waals surface area contributed by atoms with Crippen molar-refractivity contribution in [3.05, 3.63) is 58.1 Å². The molecule has 0 radical (unpaired) electrons. The number of methoxy groups -OCH3 is 1. The van der Waals surface area contributed by atoms with E-state index in [1.54, 1.807) is 26.2 Å². The average molecular weight is 445 g/mol. The van der Waals surface area contributed by atoms with Gasteiger partial charge < -0.3 is 10.1 Å². The molecule has 9 heteroatoms. The number of benzene rings is 2. The average Bonchev–Trinajstić information content (AvgIpc) is 2.62. The van der Waals surface area contributed by atoms with Crippen molar-refractivity contribution < 1.29 is 17.9 Å². The van der Waals surface area contributed by atoms with Crippen molar-refractivity contribution in [3.8, 4) is 5.75 Å². The lowest BCUT2D eigenvalue weighted by atomic mass is 10.1. The Bertz CT molecular complexity index is 913. The minimum Gasteiger partial charge on any atom is -0.497 e. The summed E-state index contributed by atoms with van der Waals surface area (Å²) in [6.07, 6.45) is 1.31. The monoisotopic (exact) mass is 444 g/mol. The van der Waals surface area contributed by atoms with E-state index < -0.39 is 22.0 Å².